The molecule has 1 saturated heterocycles. The lowest BCUT2D eigenvalue weighted by Gasteiger charge is -2.21. The third-order valence-electron chi connectivity index (χ3n) is 3.61. The molecular weight excluding hydrogens is 291 g/mol. The molecule has 1 atom stereocenters. The van der Waals surface area contributed by atoms with Crippen LogP contribution < -0.4 is 5.32 Å². The van der Waals surface area contributed by atoms with E-state index in [0.29, 0.717) is 0 Å². The third-order valence-corrected chi connectivity index (χ3v) is 3.61. The van der Waals surface area contributed by atoms with Gasteiger partial charge < -0.3 is 10.2 Å². The van der Waals surface area contributed by atoms with Crippen LogP contribution in [-0.2, 0) is 0 Å². The molecule has 7 heteroatoms. The van der Waals surface area contributed by atoms with E-state index in [0.717, 1.165) is 32.5 Å². The van der Waals surface area contributed by atoms with Crippen molar-refractivity contribution in [2.45, 2.75) is 19.8 Å². The summed E-state index contributed by atoms with van der Waals surface area (Å²) in [6, 6.07) is 0. The average Bonchev–Trinajstić information content (AvgIpc) is 2.96. The third kappa shape index (κ3) is 3.45. The van der Waals surface area contributed by atoms with Crippen LogP contribution in [0.4, 0.5) is 27.6 Å². The van der Waals surface area contributed by atoms with Gasteiger partial charge >= 0.3 is 0 Å². The van der Waals surface area contributed by atoms with Gasteiger partial charge in [-0.2, -0.15) is 0 Å². The van der Waals surface area contributed by atoms with Crippen molar-refractivity contribution in [2.24, 2.45) is 5.92 Å². The fourth-order valence-electron chi connectivity index (χ4n) is 2.51. The molecule has 0 amide bonds. The summed E-state index contributed by atoms with van der Waals surface area (Å²) in [7, 11) is 0. The summed E-state index contributed by atoms with van der Waals surface area (Å²) in [5, 5.41) is 2.34. The van der Waals surface area contributed by atoms with Crippen LogP contribution in [-0.4, -0.2) is 31.1 Å². The molecular formula is C14H17F5N2. The highest BCUT2D eigenvalue weighted by molar-refractivity contribution is 5.47. The summed E-state index contributed by atoms with van der Waals surface area (Å²) in [6.07, 6.45) is 2.25. The molecule has 1 aliphatic rings. The van der Waals surface area contributed by atoms with Gasteiger partial charge in [-0.05, 0) is 31.8 Å². The van der Waals surface area contributed by atoms with Gasteiger partial charge in [0.1, 0.15) is 5.69 Å². The van der Waals surface area contributed by atoms with Crippen LogP contribution in [0.25, 0.3) is 0 Å². The smallest absolute Gasteiger partial charge is 0.200 e. The molecule has 1 unspecified atom stereocenters. The van der Waals surface area contributed by atoms with E-state index >= 15 is 0 Å². The molecule has 0 aliphatic carbocycles. The van der Waals surface area contributed by atoms with Gasteiger partial charge in [0.15, 0.2) is 23.3 Å². The molecule has 0 saturated carbocycles. The molecule has 1 aromatic carbocycles. The number of nitrogens with one attached hydrogen (secondary N) is 1. The second-order valence-corrected chi connectivity index (χ2v) is 5.44. The summed E-state index contributed by atoms with van der Waals surface area (Å²) in [5.41, 5.74) is -0.959. The number of nitrogens with zero attached hydrogens (tertiary/aromatic N) is 1. The summed E-state index contributed by atoms with van der Waals surface area (Å²) in [4.78, 5) is 2.21. The van der Waals surface area contributed by atoms with Crippen LogP contribution in [0.1, 0.15) is 19.8 Å². The molecule has 0 bridgehead atoms. The minimum absolute atomic E-state index is 0.0260. The lowest BCUT2D eigenvalue weighted by molar-refractivity contribution is 0.293. The number of hydrogen-bond donors (Lipinski definition) is 1. The molecule has 1 heterocycles. The van der Waals surface area contributed by atoms with Crippen molar-refractivity contribution in [1.29, 1.82) is 0 Å². The van der Waals surface area contributed by atoms with Gasteiger partial charge in [0, 0.05) is 13.1 Å². The van der Waals surface area contributed by atoms with Gasteiger partial charge in [-0.3, -0.25) is 0 Å². The highest BCUT2D eigenvalue weighted by Gasteiger charge is 2.26. The highest BCUT2D eigenvalue weighted by atomic mass is 19.2. The molecule has 118 valence electrons. The van der Waals surface area contributed by atoms with E-state index in [1.54, 1.807) is 0 Å². The maximum Gasteiger partial charge on any atom is 0.200 e. The van der Waals surface area contributed by atoms with Crippen LogP contribution in [0.2, 0.25) is 0 Å². The van der Waals surface area contributed by atoms with Crippen LogP contribution in [0, 0.1) is 35.0 Å². The Morgan fingerprint density at radius 3 is 1.90 bits per heavy atom. The summed E-state index contributed by atoms with van der Waals surface area (Å²) >= 11 is 0. The SMILES string of the molecule is CC(CNc1c(F)c(F)c(F)c(F)c1F)CN1CCCC1. The van der Waals surface area contributed by atoms with E-state index in [4.69, 9.17) is 0 Å². The zero-order chi connectivity index (χ0) is 15.6. The predicted octanol–water partition coefficient (Wildman–Crippen LogP) is 3.53. The lowest BCUT2D eigenvalue weighted by Crippen LogP contribution is -2.29. The normalized spacial score (nSPS) is 17.2. The van der Waals surface area contributed by atoms with E-state index in [2.05, 4.69) is 10.2 Å². The van der Waals surface area contributed by atoms with Crippen molar-refractivity contribution in [3.63, 3.8) is 0 Å². The van der Waals surface area contributed by atoms with Crippen molar-refractivity contribution in [1.82, 2.24) is 4.90 Å². The number of likely N-dealkylation sites (tertiary alicyclic amines) is 1. The number of rotatable bonds is 5. The quantitative estimate of drug-likeness (QED) is 0.508. The Morgan fingerprint density at radius 1 is 0.905 bits per heavy atom. The number of halogens is 5. The zero-order valence-electron chi connectivity index (χ0n) is 11.7. The van der Waals surface area contributed by atoms with Gasteiger partial charge in [-0.15, -0.1) is 0 Å². The first-order valence-corrected chi connectivity index (χ1v) is 6.89. The largest absolute Gasteiger partial charge is 0.380 e. The Labute approximate surface area is 119 Å². The fraction of sp³-hybridized carbons (Fsp3) is 0.571. The minimum atomic E-state index is -2.14. The summed E-state index contributed by atoms with van der Waals surface area (Å²) in [5.74, 6) is -9.61. The van der Waals surface area contributed by atoms with E-state index < -0.39 is 34.8 Å². The standard InChI is InChI=1S/C14H17F5N2/c1-8(7-21-4-2-3-5-21)6-20-14-12(18)10(16)9(15)11(17)13(14)19/h8,20H,2-7H2,1H3. The molecule has 0 aromatic heterocycles. The summed E-state index contributed by atoms with van der Waals surface area (Å²) in [6.45, 7) is 4.67. The minimum Gasteiger partial charge on any atom is -0.380 e. The summed E-state index contributed by atoms with van der Waals surface area (Å²) < 4.78 is 65.9. The maximum atomic E-state index is 13.5. The fourth-order valence-corrected chi connectivity index (χ4v) is 2.51. The Bertz CT molecular complexity index is 486. The molecule has 21 heavy (non-hydrogen) atoms. The first-order chi connectivity index (χ1) is 9.91. The van der Waals surface area contributed by atoms with Crippen LogP contribution in [0.15, 0.2) is 0 Å². The van der Waals surface area contributed by atoms with Crippen LogP contribution in [0.3, 0.4) is 0 Å². The van der Waals surface area contributed by atoms with E-state index in [1.165, 1.54) is 0 Å². The second-order valence-electron chi connectivity index (χ2n) is 5.44. The molecule has 1 aromatic rings. The van der Waals surface area contributed by atoms with Crippen LogP contribution in [0.5, 0.6) is 0 Å². The van der Waals surface area contributed by atoms with Gasteiger partial charge in [0.05, 0.1) is 0 Å². The molecule has 1 N–H and O–H groups in total. The Hall–Kier alpha value is -1.37. The Balaban J connectivity index is 2.02. The van der Waals surface area contributed by atoms with E-state index in [9.17, 15) is 22.0 Å². The first-order valence-electron chi connectivity index (χ1n) is 6.89. The lowest BCUT2D eigenvalue weighted by atomic mass is 10.1. The zero-order valence-corrected chi connectivity index (χ0v) is 11.7. The first kappa shape index (κ1) is 16.0. The highest BCUT2D eigenvalue weighted by Crippen LogP contribution is 2.27. The van der Waals surface area contributed by atoms with Gasteiger partial charge in [0.25, 0.3) is 0 Å². The average molecular weight is 308 g/mol. The molecule has 2 rings (SSSR count). The van der Waals surface area contributed by atoms with Crippen molar-refractivity contribution < 1.29 is 22.0 Å². The van der Waals surface area contributed by atoms with Gasteiger partial charge in [-0.1, -0.05) is 6.92 Å². The van der Waals surface area contributed by atoms with Crippen LogP contribution >= 0.6 is 0 Å². The molecule has 0 spiro atoms. The maximum absolute atomic E-state index is 13.5. The van der Waals surface area contributed by atoms with Crippen molar-refractivity contribution in [3.8, 4) is 0 Å². The van der Waals surface area contributed by atoms with Crippen molar-refractivity contribution >= 4 is 5.69 Å². The van der Waals surface area contributed by atoms with E-state index in [-0.39, 0.29) is 12.5 Å². The van der Waals surface area contributed by atoms with E-state index in [1.807, 2.05) is 6.92 Å². The topological polar surface area (TPSA) is 15.3 Å². The molecule has 1 fully saturated rings. The predicted molar refractivity (Wildman–Crippen MR) is 69.6 cm³/mol. The number of anilines is 1. The van der Waals surface area contributed by atoms with Gasteiger partial charge in [-0.25, -0.2) is 22.0 Å². The van der Waals surface area contributed by atoms with Gasteiger partial charge in [0.2, 0.25) is 5.82 Å². The molecule has 1 aliphatic heterocycles. The Morgan fingerprint density at radius 2 is 1.38 bits per heavy atom. The molecule has 2 nitrogen and oxygen atoms in total. The van der Waals surface area contributed by atoms with Crippen molar-refractivity contribution in [2.75, 3.05) is 31.5 Å². The monoisotopic (exact) mass is 308 g/mol. The van der Waals surface area contributed by atoms with Crippen molar-refractivity contribution in [3.05, 3.63) is 29.1 Å². The number of benzene rings is 1. The second kappa shape index (κ2) is 6.60. The Kier molecular flexibility index (Phi) is 5.03. The number of hydrogen-bond acceptors (Lipinski definition) is 2. The molecule has 0 radical (unpaired) electrons.